The molecule has 1 aliphatic rings. The lowest BCUT2D eigenvalue weighted by Gasteiger charge is -2.25. The molecule has 0 saturated carbocycles. The molecule has 0 amide bonds. The molecule has 0 aromatic heterocycles. The third-order valence-electron chi connectivity index (χ3n) is 2.90. The first-order valence-electron chi connectivity index (χ1n) is 6.00. The number of methoxy groups -OCH3 is 1. The van der Waals surface area contributed by atoms with Gasteiger partial charge in [-0.2, -0.15) is 0 Å². The summed E-state index contributed by atoms with van der Waals surface area (Å²) in [7, 11) is 1.70. The van der Waals surface area contributed by atoms with E-state index in [-0.39, 0.29) is 0 Å². The molecule has 3 heteroatoms. The first kappa shape index (κ1) is 12.1. The van der Waals surface area contributed by atoms with Crippen LogP contribution >= 0.6 is 0 Å². The molecule has 0 aliphatic carbocycles. The lowest BCUT2D eigenvalue weighted by atomic mass is 10.2. The number of ether oxygens (including phenoxy) is 2. The van der Waals surface area contributed by atoms with Crippen molar-refractivity contribution in [3.63, 3.8) is 0 Å². The van der Waals surface area contributed by atoms with Gasteiger partial charge in [-0.25, -0.2) is 0 Å². The van der Waals surface area contributed by atoms with E-state index in [1.165, 1.54) is 0 Å². The molecular weight excluding hydrogens is 214 g/mol. The minimum absolute atomic E-state index is 0.850. The Morgan fingerprint density at radius 3 is 2.82 bits per heavy atom. The quantitative estimate of drug-likeness (QED) is 0.794. The van der Waals surface area contributed by atoms with Gasteiger partial charge in [0.25, 0.3) is 0 Å². The van der Waals surface area contributed by atoms with Crippen LogP contribution in [0.4, 0.5) is 0 Å². The maximum atomic E-state index is 5.32. The van der Waals surface area contributed by atoms with Crippen LogP contribution in [0, 0.1) is 0 Å². The highest BCUT2D eigenvalue weighted by atomic mass is 16.5. The second-order valence-corrected chi connectivity index (χ2v) is 4.06. The zero-order chi connectivity index (χ0) is 11.9. The van der Waals surface area contributed by atoms with Crippen molar-refractivity contribution < 1.29 is 9.47 Å². The van der Waals surface area contributed by atoms with Crippen molar-refractivity contribution in [2.24, 2.45) is 0 Å². The van der Waals surface area contributed by atoms with E-state index in [1.807, 2.05) is 18.2 Å². The lowest BCUT2D eigenvalue weighted by Crippen LogP contribution is -2.36. The number of benzene rings is 1. The zero-order valence-corrected chi connectivity index (χ0v) is 10.3. The fourth-order valence-electron chi connectivity index (χ4n) is 1.92. The summed E-state index contributed by atoms with van der Waals surface area (Å²) in [6.07, 6.45) is 4.30. The van der Waals surface area contributed by atoms with Gasteiger partial charge in [-0.1, -0.05) is 30.4 Å². The van der Waals surface area contributed by atoms with E-state index < -0.39 is 0 Å². The molecule has 92 valence electrons. The Hall–Kier alpha value is -1.32. The van der Waals surface area contributed by atoms with Crippen LogP contribution in [-0.2, 0) is 4.74 Å². The van der Waals surface area contributed by atoms with Gasteiger partial charge in [-0.05, 0) is 6.07 Å². The standard InChI is InChI=1S/C14H19NO2/c1-16-14-7-3-2-5-13(14)6-4-8-15-9-11-17-12-10-15/h2-7H,8-12H2,1H3/b6-4+. The minimum Gasteiger partial charge on any atom is -0.496 e. The summed E-state index contributed by atoms with van der Waals surface area (Å²) in [5.74, 6) is 0.922. The third-order valence-corrected chi connectivity index (χ3v) is 2.90. The highest BCUT2D eigenvalue weighted by Gasteiger charge is 2.07. The van der Waals surface area contributed by atoms with Gasteiger partial charge >= 0.3 is 0 Å². The predicted molar refractivity (Wildman–Crippen MR) is 69.3 cm³/mol. The van der Waals surface area contributed by atoms with Gasteiger partial charge in [-0.15, -0.1) is 0 Å². The topological polar surface area (TPSA) is 21.7 Å². The van der Waals surface area contributed by atoms with Gasteiger partial charge in [0, 0.05) is 25.2 Å². The zero-order valence-electron chi connectivity index (χ0n) is 10.3. The molecule has 3 nitrogen and oxygen atoms in total. The van der Waals surface area contributed by atoms with Crippen LogP contribution in [-0.4, -0.2) is 44.9 Å². The van der Waals surface area contributed by atoms with Crippen LogP contribution in [0.15, 0.2) is 30.3 Å². The van der Waals surface area contributed by atoms with Crippen molar-refractivity contribution in [2.45, 2.75) is 0 Å². The monoisotopic (exact) mass is 233 g/mol. The summed E-state index contributed by atoms with van der Waals surface area (Å²) in [6, 6.07) is 8.05. The van der Waals surface area contributed by atoms with E-state index in [0.29, 0.717) is 0 Å². The summed E-state index contributed by atoms with van der Waals surface area (Å²) >= 11 is 0. The van der Waals surface area contributed by atoms with Gasteiger partial charge < -0.3 is 9.47 Å². The Bertz CT molecular complexity index is 370. The molecule has 1 heterocycles. The SMILES string of the molecule is COc1ccccc1/C=C/CN1CCOCC1. The lowest BCUT2D eigenvalue weighted by molar-refractivity contribution is 0.0435. The number of hydrogen-bond donors (Lipinski definition) is 0. The first-order chi connectivity index (χ1) is 8.40. The Kier molecular flexibility index (Phi) is 4.59. The van der Waals surface area contributed by atoms with Crippen molar-refractivity contribution in [1.29, 1.82) is 0 Å². The summed E-state index contributed by atoms with van der Waals surface area (Å²) in [5, 5.41) is 0. The molecule has 0 radical (unpaired) electrons. The first-order valence-corrected chi connectivity index (χ1v) is 6.00. The van der Waals surface area contributed by atoms with Crippen molar-refractivity contribution in [3.05, 3.63) is 35.9 Å². The maximum absolute atomic E-state index is 5.32. The number of morpholine rings is 1. The highest BCUT2D eigenvalue weighted by molar-refractivity contribution is 5.57. The van der Waals surface area contributed by atoms with Crippen molar-refractivity contribution in [2.75, 3.05) is 40.0 Å². The molecule has 1 saturated heterocycles. The van der Waals surface area contributed by atoms with E-state index in [2.05, 4.69) is 23.1 Å². The molecule has 0 bridgehead atoms. The molecule has 0 N–H and O–H groups in total. The van der Waals surface area contributed by atoms with Gasteiger partial charge in [-0.3, -0.25) is 4.90 Å². The second-order valence-electron chi connectivity index (χ2n) is 4.06. The Morgan fingerprint density at radius 2 is 2.06 bits per heavy atom. The number of rotatable bonds is 4. The summed E-state index contributed by atoms with van der Waals surface area (Å²) in [4.78, 5) is 2.38. The number of para-hydroxylation sites is 1. The van der Waals surface area contributed by atoms with Crippen LogP contribution < -0.4 is 4.74 Å². The van der Waals surface area contributed by atoms with E-state index in [0.717, 1.165) is 44.2 Å². The Balaban J connectivity index is 1.90. The van der Waals surface area contributed by atoms with Gasteiger partial charge in [0.2, 0.25) is 0 Å². The van der Waals surface area contributed by atoms with E-state index in [9.17, 15) is 0 Å². The third kappa shape index (κ3) is 3.58. The van der Waals surface area contributed by atoms with Gasteiger partial charge in [0.1, 0.15) is 5.75 Å². The molecule has 1 fully saturated rings. The molecule has 0 spiro atoms. The Morgan fingerprint density at radius 1 is 1.29 bits per heavy atom. The van der Waals surface area contributed by atoms with E-state index >= 15 is 0 Å². The average molecular weight is 233 g/mol. The normalized spacial score (nSPS) is 17.5. The maximum Gasteiger partial charge on any atom is 0.126 e. The van der Waals surface area contributed by atoms with Crippen LogP contribution in [0.25, 0.3) is 6.08 Å². The summed E-state index contributed by atoms with van der Waals surface area (Å²) in [6.45, 7) is 4.72. The fourth-order valence-corrected chi connectivity index (χ4v) is 1.92. The van der Waals surface area contributed by atoms with Crippen molar-refractivity contribution in [3.8, 4) is 5.75 Å². The van der Waals surface area contributed by atoms with Crippen molar-refractivity contribution in [1.82, 2.24) is 4.90 Å². The van der Waals surface area contributed by atoms with E-state index in [1.54, 1.807) is 7.11 Å². The molecule has 17 heavy (non-hydrogen) atoms. The summed E-state index contributed by atoms with van der Waals surface area (Å²) in [5.41, 5.74) is 1.13. The molecule has 1 aromatic carbocycles. The van der Waals surface area contributed by atoms with Crippen molar-refractivity contribution >= 4 is 6.08 Å². The molecule has 0 atom stereocenters. The molecular formula is C14H19NO2. The van der Waals surface area contributed by atoms with Gasteiger partial charge in [0.05, 0.1) is 20.3 Å². The second kappa shape index (κ2) is 6.42. The summed E-state index contributed by atoms with van der Waals surface area (Å²) < 4.78 is 10.6. The molecule has 0 unspecified atom stereocenters. The minimum atomic E-state index is 0.850. The smallest absolute Gasteiger partial charge is 0.126 e. The molecule has 1 aromatic rings. The van der Waals surface area contributed by atoms with Crippen LogP contribution in [0.3, 0.4) is 0 Å². The average Bonchev–Trinajstić information content (AvgIpc) is 2.40. The number of nitrogens with zero attached hydrogens (tertiary/aromatic N) is 1. The van der Waals surface area contributed by atoms with E-state index in [4.69, 9.17) is 9.47 Å². The predicted octanol–water partition coefficient (Wildman–Crippen LogP) is 2.04. The van der Waals surface area contributed by atoms with Gasteiger partial charge in [0.15, 0.2) is 0 Å². The largest absolute Gasteiger partial charge is 0.496 e. The Labute approximate surface area is 103 Å². The fraction of sp³-hybridized carbons (Fsp3) is 0.429. The molecule has 1 aliphatic heterocycles. The van der Waals surface area contributed by atoms with Crippen LogP contribution in [0.1, 0.15) is 5.56 Å². The molecule has 2 rings (SSSR count). The highest BCUT2D eigenvalue weighted by Crippen LogP contribution is 2.18. The van der Waals surface area contributed by atoms with Crippen LogP contribution in [0.5, 0.6) is 5.75 Å². The number of hydrogen-bond acceptors (Lipinski definition) is 3. The van der Waals surface area contributed by atoms with Crippen LogP contribution in [0.2, 0.25) is 0 Å².